The van der Waals surface area contributed by atoms with Crippen molar-refractivity contribution in [3.8, 4) is 0 Å². The molecular formula is C14H23ClO3Si. The highest BCUT2D eigenvalue weighted by Crippen LogP contribution is 2.43. The Morgan fingerprint density at radius 1 is 1.37 bits per heavy atom. The summed E-state index contributed by atoms with van der Waals surface area (Å²) in [6, 6.07) is 0. The van der Waals surface area contributed by atoms with E-state index in [1.165, 1.54) is 5.54 Å². The molecule has 1 heterocycles. The fourth-order valence-electron chi connectivity index (χ4n) is 2.07. The zero-order chi connectivity index (χ0) is 14.4. The van der Waals surface area contributed by atoms with Crippen LogP contribution in [-0.2, 0) is 9.16 Å². The molecular weight excluding hydrogens is 280 g/mol. The van der Waals surface area contributed by atoms with Crippen LogP contribution in [0, 0.1) is 0 Å². The number of aliphatic hydroxyl groups is 1. The fraction of sp³-hybridized carbons (Fsp3) is 0.714. The molecule has 4 atom stereocenters. The number of epoxide rings is 1. The third kappa shape index (κ3) is 2.98. The average Bonchev–Trinajstić information content (AvgIpc) is 3.03. The second-order valence-electron chi connectivity index (χ2n) is 6.81. The molecule has 2 rings (SSSR count). The van der Waals surface area contributed by atoms with Gasteiger partial charge in [-0.15, -0.1) is 0 Å². The van der Waals surface area contributed by atoms with Crippen LogP contribution in [0.4, 0.5) is 0 Å². The molecule has 0 aromatic heterocycles. The van der Waals surface area contributed by atoms with Gasteiger partial charge in [-0.25, -0.2) is 0 Å². The first-order chi connectivity index (χ1) is 8.67. The maximum Gasteiger partial charge on any atom is 0.193 e. The molecule has 5 heteroatoms. The maximum absolute atomic E-state index is 10.0. The molecule has 0 unspecified atom stereocenters. The van der Waals surface area contributed by atoms with Gasteiger partial charge in [0.1, 0.15) is 18.3 Å². The van der Waals surface area contributed by atoms with E-state index >= 15 is 0 Å². The minimum absolute atomic E-state index is 0.00315. The van der Waals surface area contributed by atoms with Crippen molar-refractivity contribution in [3.63, 3.8) is 0 Å². The summed E-state index contributed by atoms with van der Waals surface area (Å²) in [6.07, 6.45) is 2.88. The lowest BCUT2D eigenvalue weighted by Crippen LogP contribution is -2.46. The summed E-state index contributed by atoms with van der Waals surface area (Å²) < 4.78 is 11.9. The summed E-state index contributed by atoms with van der Waals surface area (Å²) in [7, 11) is -1.85. The van der Waals surface area contributed by atoms with Crippen molar-refractivity contribution < 1.29 is 14.3 Å². The molecule has 3 nitrogen and oxygen atoms in total. The average molecular weight is 303 g/mol. The molecule has 0 bridgehead atoms. The zero-order valence-corrected chi connectivity index (χ0v) is 13.9. The van der Waals surface area contributed by atoms with Crippen LogP contribution in [0.2, 0.25) is 18.1 Å². The number of hydrogen-bond acceptors (Lipinski definition) is 3. The van der Waals surface area contributed by atoms with Gasteiger partial charge in [0.05, 0.1) is 6.10 Å². The van der Waals surface area contributed by atoms with E-state index in [4.69, 9.17) is 20.8 Å². The van der Waals surface area contributed by atoms with E-state index in [1.807, 2.05) is 6.08 Å². The SMILES string of the molecule is CC(C)(C)[Si](C)(C)O[C@H]1C=C(/C=C/Cl)[C@@H](O)[C@@H]2O[C@@H]21. The Bertz CT molecular complexity index is 411. The first-order valence-electron chi connectivity index (χ1n) is 6.67. The molecule has 0 aromatic rings. The molecule has 0 saturated carbocycles. The van der Waals surface area contributed by atoms with E-state index in [-0.39, 0.29) is 23.4 Å². The minimum Gasteiger partial charge on any atom is -0.408 e. The summed E-state index contributed by atoms with van der Waals surface area (Å²) in [6.45, 7) is 11.1. The van der Waals surface area contributed by atoms with Gasteiger partial charge in [-0.05, 0) is 35.9 Å². The van der Waals surface area contributed by atoms with E-state index in [2.05, 4.69) is 33.9 Å². The Labute approximate surface area is 121 Å². The highest BCUT2D eigenvalue weighted by atomic mass is 35.5. The lowest BCUT2D eigenvalue weighted by molar-refractivity contribution is 0.167. The molecule has 1 aliphatic carbocycles. The molecule has 1 fully saturated rings. The second-order valence-corrected chi connectivity index (χ2v) is 11.8. The largest absolute Gasteiger partial charge is 0.408 e. The predicted octanol–water partition coefficient (Wildman–Crippen LogP) is 3.20. The van der Waals surface area contributed by atoms with Gasteiger partial charge < -0.3 is 14.3 Å². The molecule has 0 spiro atoms. The zero-order valence-electron chi connectivity index (χ0n) is 12.2. The third-order valence-electron chi connectivity index (χ3n) is 4.39. The lowest BCUT2D eigenvalue weighted by atomic mass is 9.95. The van der Waals surface area contributed by atoms with Crippen molar-refractivity contribution in [2.75, 3.05) is 0 Å². The second kappa shape index (κ2) is 5.01. The highest BCUT2D eigenvalue weighted by Gasteiger charge is 2.55. The van der Waals surface area contributed by atoms with Gasteiger partial charge in [0.2, 0.25) is 0 Å². The predicted molar refractivity (Wildman–Crippen MR) is 79.8 cm³/mol. The molecule has 1 aliphatic heterocycles. The Balaban J connectivity index is 2.17. The van der Waals surface area contributed by atoms with Crippen molar-refractivity contribution in [2.45, 2.75) is 63.3 Å². The molecule has 0 amide bonds. The summed E-state index contributed by atoms with van der Waals surface area (Å²) in [5, 5.41) is 10.2. The van der Waals surface area contributed by atoms with Crippen LogP contribution < -0.4 is 0 Å². The standard InChI is InChI=1S/C14H23ClO3Si/c1-14(2,3)19(4,5)18-10-8-9(6-7-15)11(16)13-12(10)17-13/h6-8,10-13,16H,1-5H3/b7-6+/t10-,11+,12+,13-/m0/s1. The van der Waals surface area contributed by atoms with E-state index in [0.717, 1.165) is 5.57 Å². The van der Waals surface area contributed by atoms with Gasteiger partial charge in [-0.2, -0.15) is 0 Å². The van der Waals surface area contributed by atoms with Crippen LogP contribution in [0.15, 0.2) is 23.3 Å². The van der Waals surface area contributed by atoms with E-state index in [1.54, 1.807) is 6.08 Å². The van der Waals surface area contributed by atoms with Crippen LogP contribution in [-0.4, -0.2) is 37.8 Å². The molecule has 1 N–H and O–H groups in total. The highest BCUT2D eigenvalue weighted by molar-refractivity contribution is 6.74. The van der Waals surface area contributed by atoms with Gasteiger partial charge >= 0.3 is 0 Å². The van der Waals surface area contributed by atoms with Gasteiger partial charge in [-0.3, -0.25) is 0 Å². The molecule has 0 radical (unpaired) electrons. The van der Waals surface area contributed by atoms with E-state index < -0.39 is 14.4 Å². The lowest BCUT2D eigenvalue weighted by Gasteiger charge is -2.39. The fourth-order valence-corrected chi connectivity index (χ4v) is 3.45. The quantitative estimate of drug-likeness (QED) is 0.643. The van der Waals surface area contributed by atoms with Crippen LogP contribution in [0.1, 0.15) is 20.8 Å². The normalized spacial score (nSPS) is 35.2. The first kappa shape index (κ1) is 15.3. The molecule has 0 aromatic carbocycles. The Kier molecular flexibility index (Phi) is 4.02. The molecule has 108 valence electrons. The summed E-state index contributed by atoms with van der Waals surface area (Å²) >= 11 is 5.61. The number of halogens is 1. The minimum atomic E-state index is -1.85. The summed E-state index contributed by atoms with van der Waals surface area (Å²) in [4.78, 5) is 0. The molecule has 19 heavy (non-hydrogen) atoms. The van der Waals surface area contributed by atoms with E-state index in [0.29, 0.717) is 0 Å². The van der Waals surface area contributed by atoms with Crippen LogP contribution in [0.25, 0.3) is 0 Å². The first-order valence-corrected chi connectivity index (χ1v) is 10.0. The number of hydrogen-bond donors (Lipinski definition) is 1. The molecule has 1 saturated heterocycles. The third-order valence-corrected chi connectivity index (χ3v) is 8.99. The number of rotatable bonds is 3. The van der Waals surface area contributed by atoms with Crippen LogP contribution in [0.3, 0.4) is 0 Å². The maximum atomic E-state index is 10.0. The van der Waals surface area contributed by atoms with Crippen molar-refractivity contribution in [3.05, 3.63) is 23.3 Å². The van der Waals surface area contributed by atoms with Gasteiger partial charge in [0.15, 0.2) is 8.32 Å². The monoisotopic (exact) mass is 302 g/mol. The summed E-state index contributed by atoms with van der Waals surface area (Å²) in [5.74, 6) is 0. The van der Waals surface area contributed by atoms with Gasteiger partial charge in [0.25, 0.3) is 0 Å². The smallest absolute Gasteiger partial charge is 0.193 e. The Morgan fingerprint density at radius 3 is 2.53 bits per heavy atom. The Morgan fingerprint density at radius 2 is 2.00 bits per heavy atom. The number of aliphatic hydroxyl groups excluding tert-OH is 1. The van der Waals surface area contributed by atoms with Gasteiger partial charge in [0, 0.05) is 5.54 Å². The number of ether oxygens (including phenoxy) is 1. The van der Waals surface area contributed by atoms with E-state index in [9.17, 15) is 5.11 Å². The van der Waals surface area contributed by atoms with Gasteiger partial charge in [-0.1, -0.05) is 32.4 Å². The van der Waals surface area contributed by atoms with Crippen LogP contribution in [0.5, 0.6) is 0 Å². The number of fused-ring (bicyclic) bond motifs is 1. The van der Waals surface area contributed by atoms with Crippen molar-refractivity contribution in [1.29, 1.82) is 0 Å². The van der Waals surface area contributed by atoms with Crippen molar-refractivity contribution in [2.24, 2.45) is 0 Å². The van der Waals surface area contributed by atoms with Crippen molar-refractivity contribution in [1.82, 2.24) is 0 Å². The summed E-state index contributed by atoms with van der Waals surface area (Å²) in [5.41, 5.74) is 2.21. The molecule has 2 aliphatic rings. The van der Waals surface area contributed by atoms with Crippen molar-refractivity contribution >= 4 is 19.9 Å². The topological polar surface area (TPSA) is 42.0 Å². The van der Waals surface area contributed by atoms with Crippen LogP contribution >= 0.6 is 11.6 Å². The Hall–Kier alpha value is -0.133.